The van der Waals surface area contributed by atoms with Gasteiger partial charge >= 0.3 is 0 Å². The predicted octanol–water partition coefficient (Wildman–Crippen LogP) is 3.05. The lowest BCUT2D eigenvalue weighted by molar-refractivity contribution is -0.113. The van der Waals surface area contributed by atoms with E-state index in [-0.39, 0.29) is 5.60 Å². The monoisotopic (exact) mass is 269 g/mol. The molecule has 2 N–H and O–H groups in total. The normalized spacial score (nSPS) is 44.3. The first-order valence-corrected chi connectivity index (χ1v) is 8.83. The molecule has 2 saturated heterocycles. The summed E-state index contributed by atoms with van der Waals surface area (Å²) in [6, 6.07) is 0.454. The van der Waals surface area contributed by atoms with E-state index in [0.717, 1.165) is 24.4 Å². The fourth-order valence-corrected chi connectivity index (χ4v) is 5.65. The van der Waals surface area contributed by atoms with Gasteiger partial charge in [-0.15, -0.1) is 0 Å². The molecule has 3 rings (SSSR count). The van der Waals surface area contributed by atoms with E-state index in [1.807, 2.05) is 0 Å². The van der Waals surface area contributed by atoms with Gasteiger partial charge in [-0.3, -0.25) is 0 Å². The second kappa shape index (κ2) is 5.34. The van der Waals surface area contributed by atoms with Crippen molar-refractivity contribution in [2.75, 3.05) is 18.1 Å². The van der Waals surface area contributed by atoms with Gasteiger partial charge in [-0.05, 0) is 67.8 Å². The molecule has 104 valence electrons. The molecular weight excluding hydrogens is 242 g/mol. The molecule has 1 spiro atoms. The molecule has 4 unspecified atom stereocenters. The topological polar surface area (TPSA) is 35.2 Å². The van der Waals surface area contributed by atoms with Crippen molar-refractivity contribution < 1.29 is 4.74 Å². The van der Waals surface area contributed by atoms with Crippen molar-refractivity contribution in [1.82, 2.24) is 0 Å². The maximum absolute atomic E-state index is 6.21. The Morgan fingerprint density at radius 3 is 2.61 bits per heavy atom. The van der Waals surface area contributed by atoms with Crippen LogP contribution < -0.4 is 5.73 Å². The highest BCUT2D eigenvalue weighted by atomic mass is 32.2. The summed E-state index contributed by atoms with van der Waals surface area (Å²) in [5.41, 5.74) is 6.46. The van der Waals surface area contributed by atoms with E-state index in [2.05, 4.69) is 18.7 Å². The van der Waals surface area contributed by atoms with Crippen molar-refractivity contribution in [1.29, 1.82) is 0 Å². The van der Waals surface area contributed by atoms with Gasteiger partial charge in [-0.1, -0.05) is 6.92 Å². The van der Waals surface area contributed by atoms with Crippen LogP contribution in [0.25, 0.3) is 0 Å². The minimum absolute atomic E-state index is 0.251. The van der Waals surface area contributed by atoms with Crippen molar-refractivity contribution >= 4 is 11.8 Å². The summed E-state index contributed by atoms with van der Waals surface area (Å²) in [7, 11) is 0. The van der Waals surface area contributed by atoms with Crippen LogP contribution in [0.3, 0.4) is 0 Å². The number of ether oxygens (including phenoxy) is 1. The zero-order chi connectivity index (χ0) is 12.6. The lowest BCUT2D eigenvalue weighted by atomic mass is 9.73. The van der Waals surface area contributed by atoms with Crippen molar-refractivity contribution in [2.45, 2.75) is 57.1 Å². The highest BCUT2D eigenvalue weighted by Gasteiger charge is 2.44. The van der Waals surface area contributed by atoms with Gasteiger partial charge in [0.05, 0.1) is 5.60 Å². The summed E-state index contributed by atoms with van der Waals surface area (Å²) in [5.74, 6) is 5.07. The third kappa shape index (κ3) is 2.46. The Kier molecular flexibility index (Phi) is 3.93. The maximum Gasteiger partial charge on any atom is 0.0701 e. The van der Waals surface area contributed by atoms with Crippen molar-refractivity contribution in [3.05, 3.63) is 0 Å². The van der Waals surface area contributed by atoms with E-state index in [1.165, 1.54) is 50.0 Å². The number of hydrogen-bond donors (Lipinski definition) is 1. The molecule has 0 aromatic heterocycles. The molecule has 0 aromatic rings. The lowest BCUT2D eigenvalue weighted by Gasteiger charge is -2.45. The first kappa shape index (κ1) is 13.3. The molecule has 2 heterocycles. The fraction of sp³-hybridized carbons (Fsp3) is 1.00. The summed E-state index contributed by atoms with van der Waals surface area (Å²) < 4.78 is 6.21. The van der Waals surface area contributed by atoms with E-state index < -0.39 is 0 Å². The summed E-state index contributed by atoms with van der Waals surface area (Å²) >= 11 is 2.10. The van der Waals surface area contributed by atoms with Gasteiger partial charge in [0.2, 0.25) is 0 Å². The number of rotatable bonds is 1. The number of nitrogens with two attached hydrogens (primary N) is 1. The quantitative estimate of drug-likeness (QED) is 0.794. The average Bonchev–Trinajstić information content (AvgIpc) is 2.71. The lowest BCUT2D eigenvalue weighted by Crippen LogP contribution is -2.45. The van der Waals surface area contributed by atoms with Gasteiger partial charge in [0.15, 0.2) is 0 Å². The summed E-state index contributed by atoms with van der Waals surface area (Å²) in [5, 5.41) is 0. The molecule has 1 aliphatic carbocycles. The van der Waals surface area contributed by atoms with Crippen LogP contribution in [-0.2, 0) is 4.74 Å². The van der Waals surface area contributed by atoms with Gasteiger partial charge in [0.25, 0.3) is 0 Å². The third-order valence-corrected chi connectivity index (χ3v) is 6.71. The highest BCUT2D eigenvalue weighted by Crippen LogP contribution is 2.47. The molecule has 18 heavy (non-hydrogen) atoms. The molecule has 3 heteroatoms. The van der Waals surface area contributed by atoms with Crippen LogP contribution in [0, 0.1) is 17.8 Å². The molecule has 0 aromatic carbocycles. The van der Waals surface area contributed by atoms with Gasteiger partial charge < -0.3 is 10.5 Å². The predicted molar refractivity (Wildman–Crippen MR) is 77.8 cm³/mol. The highest BCUT2D eigenvalue weighted by molar-refractivity contribution is 7.99. The summed E-state index contributed by atoms with van der Waals surface area (Å²) in [6.07, 6.45) is 7.75. The van der Waals surface area contributed by atoms with Crippen molar-refractivity contribution in [3.63, 3.8) is 0 Å². The first-order valence-electron chi connectivity index (χ1n) is 7.67. The zero-order valence-electron chi connectivity index (χ0n) is 11.6. The second-order valence-corrected chi connectivity index (χ2v) is 7.89. The van der Waals surface area contributed by atoms with Crippen LogP contribution in [0.15, 0.2) is 0 Å². The Hall–Kier alpha value is 0.270. The van der Waals surface area contributed by atoms with Crippen LogP contribution in [0.1, 0.15) is 45.4 Å². The molecule has 3 aliphatic rings. The molecule has 1 saturated carbocycles. The Labute approximate surface area is 115 Å². The molecule has 0 radical (unpaired) electrons. The van der Waals surface area contributed by atoms with Crippen LogP contribution in [0.2, 0.25) is 0 Å². The van der Waals surface area contributed by atoms with Crippen LogP contribution in [0.4, 0.5) is 0 Å². The second-order valence-electron chi connectivity index (χ2n) is 6.66. The van der Waals surface area contributed by atoms with Gasteiger partial charge in [0.1, 0.15) is 0 Å². The van der Waals surface area contributed by atoms with Crippen molar-refractivity contribution in [3.8, 4) is 0 Å². The van der Waals surface area contributed by atoms with E-state index >= 15 is 0 Å². The molecule has 2 aliphatic heterocycles. The zero-order valence-corrected chi connectivity index (χ0v) is 12.4. The molecule has 0 amide bonds. The molecule has 3 fully saturated rings. The Bertz CT molecular complexity index is 285. The Morgan fingerprint density at radius 2 is 1.94 bits per heavy atom. The van der Waals surface area contributed by atoms with Crippen molar-refractivity contribution in [2.24, 2.45) is 23.5 Å². The van der Waals surface area contributed by atoms with E-state index in [0.29, 0.717) is 6.04 Å². The Balaban J connectivity index is 1.66. The minimum atomic E-state index is 0.251. The molecular formula is C15H27NOS. The smallest absolute Gasteiger partial charge is 0.0701 e. The molecule has 2 nitrogen and oxygen atoms in total. The molecule has 0 bridgehead atoms. The van der Waals surface area contributed by atoms with E-state index in [4.69, 9.17) is 10.5 Å². The number of thioether (sulfide) groups is 1. The van der Waals surface area contributed by atoms with E-state index in [1.54, 1.807) is 0 Å². The van der Waals surface area contributed by atoms with Gasteiger partial charge in [-0.2, -0.15) is 11.8 Å². The van der Waals surface area contributed by atoms with E-state index in [9.17, 15) is 0 Å². The fourth-order valence-electron chi connectivity index (χ4n) is 4.42. The summed E-state index contributed by atoms with van der Waals surface area (Å²) in [4.78, 5) is 0. The average molecular weight is 269 g/mol. The Morgan fingerprint density at radius 1 is 1.17 bits per heavy atom. The third-order valence-electron chi connectivity index (χ3n) is 5.72. The molecule has 4 atom stereocenters. The SMILES string of the molecule is CC1C(N)CCC1C1CCOC2(CCSCC2)C1. The maximum atomic E-state index is 6.21. The van der Waals surface area contributed by atoms with Crippen LogP contribution in [0.5, 0.6) is 0 Å². The van der Waals surface area contributed by atoms with Crippen LogP contribution >= 0.6 is 11.8 Å². The number of hydrogen-bond acceptors (Lipinski definition) is 3. The van der Waals surface area contributed by atoms with Gasteiger partial charge in [-0.25, -0.2) is 0 Å². The van der Waals surface area contributed by atoms with Crippen LogP contribution in [-0.4, -0.2) is 29.8 Å². The van der Waals surface area contributed by atoms with Gasteiger partial charge in [0, 0.05) is 12.6 Å². The summed E-state index contributed by atoms with van der Waals surface area (Å²) in [6.45, 7) is 3.37. The largest absolute Gasteiger partial charge is 0.375 e. The first-order chi connectivity index (χ1) is 8.70. The minimum Gasteiger partial charge on any atom is -0.375 e. The standard InChI is InChI=1S/C15H27NOS/c1-11-13(2-3-14(11)16)12-4-7-17-15(10-12)5-8-18-9-6-15/h11-14H,2-10,16H2,1H3.